The zero-order chi connectivity index (χ0) is 13.3. The van der Waals surface area contributed by atoms with Gasteiger partial charge in [-0.25, -0.2) is 13.8 Å². The van der Waals surface area contributed by atoms with E-state index in [1.54, 1.807) is 0 Å². The number of hydrogen-bond acceptors (Lipinski definition) is 3. The van der Waals surface area contributed by atoms with Gasteiger partial charge in [0.25, 0.3) is 0 Å². The number of carbonyl (C=O) groups is 1. The number of carbonyl (C=O) groups excluding carboxylic acids is 1. The number of aromatic nitrogens is 1. The van der Waals surface area contributed by atoms with Gasteiger partial charge in [0.15, 0.2) is 17.4 Å². The number of nitrogens with zero attached hydrogens (tertiary/aromatic N) is 1. The predicted molar refractivity (Wildman–Crippen MR) is 63.4 cm³/mol. The lowest BCUT2D eigenvalue weighted by molar-refractivity contribution is 0.103. The van der Waals surface area contributed by atoms with Gasteiger partial charge in [0, 0.05) is 11.8 Å². The van der Waals surface area contributed by atoms with Crippen LogP contribution in [0.15, 0.2) is 30.5 Å². The minimum absolute atomic E-state index is 0.0193. The third-order valence-electron chi connectivity index (χ3n) is 2.31. The normalized spacial score (nSPS) is 10.4. The van der Waals surface area contributed by atoms with Crippen molar-refractivity contribution in [3.05, 3.63) is 58.2 Å². The fraction of sp³-hybridized carbons (Fsp3) is 0. The number of benzene rings is 1. The molecule has 0 spiro atoms. The van der Waals surface area contributed by atoms with E-state index in [0.29, 0.717) is 0 Å². The number of pyridine rings is 1. The lowest BCUT2D eigenvalue weighted by Gasteiger charge is -2.05. The van der Waals surface area contributed by atoms with Crippen LogP contribution in [0.1, 0.15) is 15.9 Å². The molecule has 18 heavy (non-hydrogen) atoms. The molecule has 2 N–H and O–H groups in total. The van der Waals surface area contributed by atoms with E-state index in [9.17, 15) is 13.6 Å². The minimum atomic E-state index is -1.10. The van der Waals surface area contributed by atoms with Crippen LogP contribution >= 0.6 is 11.6 Å². The smallest absolute Gasteiger partial charge is 0.196 e. The Labute approximate surface area is 106 Å². The Bertz CT molecular complexity index is 631. The molecule has 1 aromatic carbocycles. The Balaban J connectivity index is 2.47. The second kappa shape index (κ2) is 4.70. The predicted octanol–water partition coefficient (Wildman–Crippen LogP) is 2.83. The number of rotatable bonds is 2. The topological polar surface area (TPSA) is 56.0 Å². The summed E-state index contributed by atoms with van der Waals surface area (Å²) in [4.78, 5) is 15.7. The molecule has 2 rings (SSSR count). The van der Waals surface area contributed by atoms with E-state index < -0.39 is 17.4 Å². The Morgan fingerprint density at radius 1 is 1.22 bits per heavy atom. The number of halogens is 3. The molecule has 0 aliphatic carbocycles. The van der Waals surface area contributed by atoms with Gasteiger partial charge in [-0.1, -0.05) is 11.6 Å². The molecule has 0 saturated carbocycles. The highest BCUT2D eigenvalue weighted by atomic mass is 35.5. The molecular weight excluding hydrogens is 262 g/mol. The molecule has 2 aromatic rings. The summed E-state index contributed by atoms with van der Waals surface area (Å²) >= 11 is 5.70. The fourth-order valence-electron chi connectivity index (χ4n) is 1.42. The van der Waals surface area contributed by atoms with E-state index in [1.807, 2.05) is 0 Å². The standard InChI is InChI=1S/C12H7ClF2N2O/c13-7-4-8(12(16)17-5-7)11(18)6-1-2-9(14)10(15)3-6/h1-5H,(H2,16,17). The third kappa shape index (κ3) is 2.31. The first kappa shape index (κ1) is 12.4. The lowest BCUT2D eigenvalue weighted by Crippen LogP contribution is -2.07. The average Bonchev–Trinajstić information content (AvgIpc) is 2.35. The first-order valence-electron chi connectivity index (χ1n) is 4.90. The first-order chi connectivity index (χ1) is 8.49. The van der Waals surface area contributed by atoms with Gasteiger partial charge in [0.2, 0.25) is 0 Å². The maximum absolute atomic E-state index is 13.0. The van der Waals surface area contributed by atoms with Crippen molar-refractivity contribution >= 4 is 23.2 Å². The minimum Gasteiger partial charge on any atom is -0.383 e. The summed E-state index contributed by atoms with van der Waals surface area (Å²) in [6.45, 7) is 0. The van der Waals surface area contributed by atoms with Crippen molar-refractivity contribution < 1.29 is 13.6 Å². The zero-order valence-electron chi connectivity index (χ0n) is 8.95. The Morgan fingerprint density at radius 2 is 1.94 bits per heavy atom. The van der Waals surface area contributed by atoms with Crippen LogP contribution in [0.5, 0.6) is 0 Å². The van der Waals surface area contributed by atoms with Crippen LogP contribution in [-0.4, -0.2) is 10.8 Å². The summed E-state index contributed by atoms with van der Waals surface area (Å²) in [6, 6.07) is 4.17. The van der Waals surface area contributed by atoms with Crippen LogP contribution in [0.2, 0.25) is 5.02 Å². The summed E-state index contributed by atoms with van der Waals surface area (Å²) in [6.07, 6.45) is 1.29. The Hall–Kier alpha value is -2.01. The number of nitrogens with two attached hydrogens (primary N) is 1. The maximum Gasteiger partial charge on any atom is 0.196 e. The molecule has 0 unspecified atom stereocenters. The van der Waals surface area contributed by atoms with Gasteiger partial charge in [-0.15, -0.1) is 0 Å². The monoisotopic (exact) mass is 268 g/mol. The zero-order valence-corrected chi connectivity index (χ0v) is 9.71. The van der Waals surface area contributed by atoms with Gasteiger partial charge in [0.05, 0.1) is 10.6 Å². The maximum atomic E-state index is 13.0. The van der Waals surface area contributed by atoms with Crippen molar-refractivity contribution in [3.63, 3.8) is 0 Å². The van der Waals surface area contributed by atoms with Gasteiger partial charge < -0.3 is 5.73 Å². The summed E-state index contributed by atoms with van der Waals surface area (Å²) in [5.41, 5.74) is 5.56. The number of hydrogen-bond donors (Lipinski definition) is 1. The summed E-state index contributed by atoms with van der Waals surface area (Å²) in [5.74, 6) is -2.71. The van der Waals surface area contributed by atoms with Crippen molar-refractivity contribution in [3.8, 4) is 0 Å². The van der Waals surface area contributed by atoms with Crippen molar-refractivity contribution in [2.24, 2.45) is 0 Å². The van der Waals surface area contributed by atoms with Gasteiger partial charge in [-0.2, -0.15) is 0 Å². The Morgan fingerprint density at radius 3 is 2.61 bits per heavy atom. The molecule has 3 nitrogen and oxygen atoms in total. The fourth-order valence-corrected chi connectivity index (χ4v) is 1.58. The highest BCUT2D eigenvalue weighted by molar-refractivity contribution is 6.31. The van der Waals surface area contributed by atoms with Gasteiger partial charge in [0.1, 0.15) is 5.82 Å². The van der Waals surface area contributed by atoms with E-state index in [4.69, 9.17) is 17.3 Å². The van der Waals surface area contributed by atoms with E-state index in [0.717, 1.165) is 12.1 Å². The first-order valence-corrected chi connectivity index (χ1v) is 5.27. The van der Waals surface area contributed by atoms with Crippen LogP contribution < -0.4 is 5.73 Å². The second-order valence-corrected chi connectivity index (χ2v) is 3.98. The van der Waals surface area contributed by atoms with E-state index >= 15 is 0 Å². The van der Waals surface area contributed by atoms with Crippen LogP contribution in [0.3, 0.4) is 0 Å². The van der Waals surface area contributed by atoms with Gasteiger partial charge in [-0.3, -0.25) is 4.79 Å². The molecule has 0 fully saturated rings. The molecule has 6 heteroatoms. The average molecular weight is 269 g/mol. The number of nitrogen functional groups attached to an aromatic ring is 1. The molecular formula is C12H7ClF2N2O. The largest absolute Gasteiger partial charge is 0.383 e. The second-order valence-electron chi connectivity index (χ2n) is 3.54. The molecule has 0 aliphatic heterocycles. The molecule has 0 radical (unpaired) electrons. The number of anilines is 1. The van der Waals surface area contributed by atoms with Crippen molar-refractivity contribution in [2.75, 3.05) is 5.73 Å². The lowest BCUT2D eigenvalue weighted by atomic mass is 10.0. The van der Waals surface area contributed by atoms with E-state index in [1.165, 1.54) is 18.3 Å². The molecule has 0 bridgehead atoms. The summed E-state index contributed by atoms with van der Waals surface area (Å²) in [7, 11) is 0. The van der Waals surface area contributed by atoms with Crippen LogP contribution in [0, 0.1) is 11.6 Å². The quantitative estimate of drug-likeness (QED) is 0.852. The van der Waals surface area contributed by atoms with Gasteiger partial charge >= 0.3 is 0 Å². The molecule has 1 aromatic heterocycles. The molecule has 0 saturated heterocycles. The summed E-state index contributed by atoms with van der Waals surface area (Å²) < 4.78 is 25.8. The van der Waals surface area contributed by atoms with Crippen LogP contribution in [0.25, 0.3) is 0 Å². The van der Waals surface area contributed by atoms with Crippen LogP contribution in [-0.2, 0) is 0 Å². The van der Waals surface area contributed by atoms with Crippen molar-refractivity contribution in [2.45, 2.75) is 0 Å². The van der Waals surface area contributed by atoms with Crippen molar-refractivity contribution in [1.29, 1.82) is 0 Å². The SMILES string of the molecule is Nc1ncc(Cl)cc1C(=O)c1ccc(F)c(F)c1. The van der Waals surface area contributed by atoms with Crippen molar-refractivity contribution in [1.82, 2.24) is 4.98 Å². The third-order valence-corrected chi connectivity index (χ3v) is 2.52. The van der Waals surface area contributed by atoms with Crippen LogP contribution in [0.4, 0.5) is 14.6 Å². The number of ketones is 1. The highest BCUT2D eigenvalue weighted by Gasteiger charge is 2.15. The highest BCUT2D eigenvalue weighted by Crippen LogP contribution is 2.19. The molecule has 1 heterocycles. The van der Waals surface area contributed by atoms with E-state index in [-0.39, 0.29) is 22.0 Å². The molecule has 92 valence electrons. The molecule has 0 amide bonds. The summed E-state index contributed by atoms with van der Waals surface area (Å²) in [5, 5.41) is 0.232. The Kier molecular flexibility index (Phi) is 3.25. The molecule has 0 atom stereocenters. The molecule has 0 aliphatic rings. The van der Waals surface area contributed by atoms with E-state index in [2.05, 4.69) is 4.98 Å². The van der Waals surface area contributed by atoms with Gasteiger partial charge in [-0.05, 0) is 24.3 Å².